The van der Waals surface area contributed by atoms with Gasteiger partial charge in [0.05, 0.1) is 11.3 Å². The molecule has 0 N–H and O–H groups in total. The van der Waals surface area contributed by atoms with Gasteiger partial charge in [0.1, 0.15) is 0 Å². The summed E-state index contributed by atoms with van der Waals surface area (Å²) < 4.78 is 4.00. The number of pyridine rings is 1. The SMILES string of the molecule is CC1(C)CC2(C)c3c(nc4c5[c-]cccc5c5cccc(c5n34)C2(C)C)-c2ccccc21.[B]n1ccnc1-c1[c-]cccc1N(C)C.[Ir]. The average molecular weight is 804 g/mol. The van der Waals surface area contributed by atoms with Gasteiger partial charge in [-0.1, -0.05) is 88.0 Å². The second kappa shape index (κ2) is 11.2. The Kier molecular flexibility index (Phi) is 7.54. The van der Waals surface area contributed by atoms with Gasteiger partial charge in [0.2, 0.25) is 7.98 Å². The molecule has 241 valence electrons. The zero-order chi connectivity index (χ0) is 32.9. The summed E-state index contributed by atoms with van der Waals surface area (Å²) in [6, 6.07) is 34.6. The minimum atomic E-state index is -0.0754. The van der Waals surface area contributed by atoms with Crippen molar-refractivity contribution in [1.82, 2.24) is 18.8 Å². The van der Waals surface area contributed by atoms with Crippen LogP contribution in [0.15, 0.2) is 91.3 Å². The molecule has 7 aromatic rings. The Balaban J connectivity index is 0.000000193. The molecule has 2 aliphatic rings. The normalized spacial score (nSPS) is 18.1. The molecule has 5 nitrogen and oxygen atoms in total. The Morgan fingerprint density at radius 3 is 2.29 bits per heavy atom. The molecule has 48 heavy (non-hydrogen) atoms. The van der Waals surface area contributed by atoms with Crippen molar-refractivity contribution < 1.29 is 20.1 Å². The quantitative estimate of drug-likeness (QED) is 0.0999. The molecule has 3 radical (unpaired) electrons. The van der Waals surface area contributed by atoms with Gasteiger partial charge in [-0.3, -0.25) is 9.97 Å². The van der Waals surface area contributed by atoms with Crippen LogP contribution >= 0.6 is 0 Å². The van der Waals surface area contributed by atoms with E-state index in [0.29, 0.717) is 0 Å². The minimum absolute atomic E-state index is 0. The van der Waals surface area contributed by atoms with Crippen LogP contribution in [-0.4, -0.2) is 40.9 Å². The van der Waals surface area contributed by atoms with Gasteiger partial charge in [-0.2, -0.15) is 0 Å². The van der Waals surface area contributed by atoms with Gasteiger partial charge in [-0.05, 0) is 48.1 Å². The first-order valence-corrected chi connectivity index (χ1v) is 16.3. The third kappa shape index (κ3) is 4.40. The van der Waals surface area contributed by atoms with Crippen LogP contribution in [0.2, 0.25) is 0 Å². The second-order valence-corrected chi connectivity index (χ2v) is 14.7. The molecule has 0 spiro atoms. The molecule has 3 aromatic heterocycles. The summed E-state index contributed by atoms with van der Waals surface area (Å²) >= 11 is 0. The summed E-state index contributed by atoms with van der Waals surface area (Å²) in [6.45, 7) is 12.2. The van der Waals surface area contributed by atoms with Crippen LogP contribution in [0.25, 0.3) is 50.0 Å². The van der Waals surface area contributed by atoms with Crippen molar-refractivity contribution in [2.24, 2.45) is 0 Å². The van der Waals surface area contributed by atoms with Crippen molar-refractivity contribution >= 4 is 41.0 Å². The Hall–Kier alpha value is -4.19. The van der Waals surface area contributed by atoms with Gasteiger partial charge in [-0.25, -0.2) is 0 Å². The van der Waals surface area contributed by atoms with E-state index in [1.54, 1.807) is 12.4 Å². The predicted octanol–water partition coefficient (Wildman–Crippen LogP) is 8.68. The summed E-state index contributed by atoms with van der Waals surface area (Å²) in [4.78, 5) is 11.6. The summed E-state index contributed by atoms with van der Waals surface area (Å²) in [5.41, 5.74) is 10.9. The van der Waals surface area contributed by atoms with E-state index in [4.69, 9.17) is 13.0 Å². The summed E-state index contributed by atoms with van der Waals surface area (Å²) in [5, 5.41) is 3.66. The van der Waals surface area contributed by atoms with Gasteiger partial charge in [-0.15, -0.1) is 53.9 Å². The first-order chi connectivity index (χ1) is 22.5. The largest absolute Gasteiger partial charge is 0.426 e. The summed E-state index contributed by atoms with van der Waals surface area (Å²) in [6.07, 6.45) is 4.46. The number of fused-ring (bicyclic) bond motifs is 5. The maximum absolute atomic E-state index is 5.76. The monoisotopic (exact) mass is 804 g/mol. The number of hydrogen-bond donors (Lipinski definition) is 0. The number of imidazole rings is 2. The molecule has 7 heteroatoms. The van der Waals surface area contributed by atoms with Crippen LogP contribution in [0.4, 0.5) is 5.69 Å². The molecule has 1 aliphatic heterocycles. The molecule has 4 aromatic carbocycles. The van der Waals surface area contributed by atoms with Crippen molar-refractivity contribution in [3.63, 3.8) is 0 Å². The minimum Gasteiger partial charge on any atom is -0.426 e. The molecular formula is C41H38BIrN5-2. The third-order valence-electron chi connectivity index (χ3n) is 11.0. The van der Waals surface area contributed by atoms with Gasteiger partial charge in [0.15, 0.2) is 0 Å². The number of aromatic nitrogens is 4. The Labute approximate surface area is 297 Å². The van der Waals surface area contributed by atoms with Crippen molar-refractivity contribution in [1.29, 1.82) is 0 Å². The van der Waals surface area contributed by atoms with E-state index < -0.39 is 0 Å². The number of nitrogens with zero attached hydrogens (tertiary/aromatic N) is 5. The number of anilines is 1. The number of para-hydroxylation sites is 1. The zero-order valence-corrected chi connectivity index (χ0v) is 30.9. The molecule has 1 aliphatic carbocycles. The van der Waals surface area contributed by atoms with E-state index in [0.717, 1.165) is 40.2 Å². The molecule has 0 amide bonds. The van der Waals surface area contributed by atoms with E-state index >= 15 is 0 Å². The summed E-state index contributed by atoms with van der Waals surface area (Å²) in [5.74, 6) is 0.722. The average Bonchev–Trinajstić information content (AvgIpc) is 3.67. The van der Waals surface area contributed by atoms with Crippen LogP contribution < -0.4 is 4.90 Å². The predicted molar refractivity (Wildman–Crippen MR) is 194 cm³/mol. The standard InChI is InChI=1S/C30H27N2.C11H11BN3.Ir/c1-28(2)17-30(5)26-24(21-13-8-9-15-22(21)28)31-27-20-12-7-6-11-18(20)19-14-10-16-23(29(30,3)4)25(19)32(26)27;1-14(2)10-6-4-3-5-9(10)11-13-7-8-15(11)12;/h6-11,13-16H,17H2,1-5H3;3-4,6-8H,1-2H3;/q2*-1;. The molecule has 0 saturated carbocycles. The Morgan fingerprint density at radius 1 is 0.833 bits per heavy atom. The molecular weight excluding hydrogens is 766 g/mol. The maximum Gasteiger partial charge on any atom is 0.222 e. The molecule has 4 heterocycles. The van der Waals surface area contributed by atoms with E-state index in [1.165, 1.54) is 43.2 Å². The molecule has 0 saturated heterocycles. The third-order valence-corrected chi connectivity index (χ3v) is 11.0. The smallest absolute Gasteiger partial charge is 0.222 e. The van der Waals surface area contributed by atoms with E-state index in [2.05, 4.69) is 111 Å². The first kappa shape index (κ1) is 32.4. The molecule has 1 unspecified atom stereocenters. The van der Waals surface area contributed by atoms with Crippen molar-refractivity contribution in [3.05, 3.63) is 120 Å². The summed E-state index contributed by atoms with van der Waals surface area (Å²) in [7, 11) is 9.72. The maximum atomic E-state index is 5.76. The van der Waals surface area contributed by atoms with Crippen molar-refractivity contribution in [2.45, 2.75) is 57.3 Å². The van der Waals surface area contributed by atoms with Gasteiger partial charge >= 0.3 is 0 Å². The van der Waals surface area contributed by atoms with E-state index in [9.17, 15) is 0 Å². The van der Waals surface area contributed by atoms with Crippen molar-refractivity contribution in [3.8, 4) is 22.6 Å². The van der Waals surface area contributed by atoms with Crippen LogP contribution in [0.5, 0.6) is 0 Å². The van der Waals surface area contributed by atoms with Gasteiger partial charge in [0.25, 0.3) is 0 Å². The topological polar surface area (TPSA) is 38.4 Å². The number of benzene rings is 4. The zero-order valence-electron chi connectivity index (χ0n) is 28.5. The Morgan fingerprint density at radius 2 is 1.54 bits per heavy atom. The van der Waals surface area contributed by atoms with Crippen LogP contribution in [-0.2, 0) is 36.4 Å². The van der Waals surface area contributed by atoms with Crippen LogP contribution in [0.1, 0.15) is 57.9 Å². The van der Waals surface area contributed by atoms with Gasteiger partial charge < -0.3 is 13.8 Å². The molecule has 0 fully saturated rings. The van der Waals surface area contributed by atoms with E-state index in [-0.39, 0.29) is 36.4 Å². The molecule has 0 bridgehead atoms. The Bertz CT molecular complexity index is 2360. The fraction of sp³-hybridized carbons (Fsp3) is 0.268. The van der Waals surface area contributed by atoms with Crippen molar-refractivity contribution in [2.75, 3.05) is 19.0 Å². The van der Waals surface area contributed by atoms with Crippen LogP contribution in [0, 0.1) is 12.1 Å². The van der Waals surface area contributed by atoms with Crippen LogP contribution in [0.3, 0.4) is 0 Å². The number of rotatable bonds is 2. The second-order valence-electron chi connectivity index (χ2n) is 14.7. The van der Waals surface area contributed by atoms with Gasteiger partial charge in [0, 0.05) is 65.9 Å². The molecule has 1 atom stereocenters. The number of hydrogen-bond acceptors (Lipinski definition) is 3. The van der Waals surface area contributed by atoms with E-state index in [1.807, 2.05) is 43.3 Å². The fourth-order valence-electron chi connectivity index (χ4n) is 8.50. The first-order valence-electron chi connectivity index (χ1n) is 16.3. The molecule has 9 rings (SSSR count). The fourth-order valence-corrected chi connectivity index (χ4v) is 8.50.